The molecule has 1 aromatic heterocycles. The Kier molecular flexibility index (Phi) is 4.04. The van der Waals surface area contributed by atoms with Crippen LogP contribution in [-0.4, -0.2) is 23.3 Å². The lowest BCUT2D eigenvalue weighted by molar-refractivity contribution is 1.12. The molecule has 0 radical (unpaired) electrons. The summed E-state index contributed by atoms with van der Waals surface area (Å²) in [5.41, 5.74) is 2.04. The largest absolute Gasteiger partial charge is 0.373 e. The maximum atomic E-state index is 4.27. The molecule has 0 saturated heterocycles. The number of nitrogens with one attached hydrogen (secondary N) is 2. The number of aromatic nitrogens is 2. The highest BCUT2D eigenvalue weighted by atomic mass is 32.2. The van der Waals surface area contributed by atoms with E-state index in [-0.39, 0.29) is 0 Å². The zero-order valence-corrected chi connectivity index (χ0v) is 11.5. The molecule has 94 valence electrons. The first-order chi connectivity index (χ1) is 8.74. The van der Waals surface area contributed by atoms with Crippen LogP contribution in [0.25, 0.3) is 0 Å². The van der Waals surface area contributed by atoms with E-state index >= 15 is 0 Å². The van der Waals surface area contributed by atoms with Gasteiger partial charge in [-0.25, -0.2) is 9.97 Å². The average molecular weight is 260 g/mol. The maximum Gasteiger partial charge on any atom is 0.138 e. The molecule has 0 saturated carbocycles. The van der Waals surface area contributed by atoms with E-state index in [1.165, 1.54) is 4.90 Å². The van der Waals surface area contributed by atoms with Gasteiger partial charge in [0, 0.05) is 23.2 Å². The Morgan fingerprint density at radius 2 is 1.94 bits per heavy atom. The van der Waals surface area contributed by atoms with Crippen molar-refractivity contribution in [3.05, 3.63) is 36.2 Å². The van der Waals surface area contributed by atoms with Gasteiger partial charge in [0.15, 0.2) is 0 Å². The van der Waals surface area contributed by atoms with Gasteiger partial charge >= 0.3 is 0 Å². The normalized spacial score (nSPS) is 10.2. The third-order valence-electron chi connectivity index (χ3n) is 2.65. The molecule has 2 N–H and O–H groups in total. The van der Waals surface area contributed by atoms with E-state index in [9.17, 15) is 0 Å². The van der Waals surface area contributed by atoms with Gasteiger partial charge in [-0.15, -0.1) is 11.8 Å². The summed E-state index contributed by atoms with van der Waals surface area (Å²) in [5.74, 6) is 1.67. The zero-order chi connectivity index (χ0) is 13.0. The molecule has 0 aliphatic heterocycles. The van der Waals surface area contributed by atoms with Gasteiger partial charge < -0.3 is 10.6 Å². The number of hydrogen-bond acceptors (Lipinski definition) is 5. The van der Waals surface area contributed by atoms with Crippen molar-refractivity contribution in [2.45, 2.75) is 11.8 Å². The van der Waals surface area contributed by atoms with Crippen LogP contribution in [0.15, 0.2) is 35.5 Å². The first-order valence-electron chi connectivity index (χ1n) is 5.65. The van der Waals surface area contributed by atoms with Gasteiger partial charge in [0.2, 0.25) is 0 Å². The molecule has 2 aromatic rings. The van der Waals surface area contributed by atoms with Crippen molar-refractivity contribution in [3.8, 4) is 0 Å². The summed E-state index contributed by atoms with van der Waals surface area (Å²) in [7, 11) is 1.85. The summed E-state index contributed by atoms with van der Waals surface area (Å²) >= 11 is 1.72. The molecule has 18 heavy (non-hydrogen) atoms. The predicted octanol–water partition coefficient (Wildman–Crippen LogP) is 3.29. The third kappa shape index (κ3) is 2.73. The van der Waals surface area contributed by atoms with Crippen LogP contribution in [0.5, 0.6) is 0 Å². The van der Waals surface area contributed by atoms with E-state index in [4.69, 9.17) is 0 Å². The smallest absolute Gasteiger partial charge is 0.138 e. The third-order valence-corrected chi connectivity index (χ3v) is 3.38. The fraction of sp³-hybridized carbons (Fsp3) is 0.231. The monoisotopic (exact) mass is 260 g/mol. The molecule has 0 amide bonds. The fourth-order valence-corrected chi connectivity index (χ4v) is 2.13. The summed E-state index contributed by atoms with van der Waals surface area (Å²) in [4.78, 5) is 9.66. The van der Waals surface area contributed by atoms with Gasteiger partial charge in [-0.3, -0.25) is 0 Å². The van der Waals surface area contributed by atoms with Crippen molar-refractivity contribution >= 4 is 29.1 Å². The van der Waals surface area contributed by atoms with Gasteiger partial charge in [0.05, 0.1) is 0 Å². The van der Waals surface area contributed by atoms with Gasteiger partial charge in [0.1, 0.15) is 18.0 Å². The summed E-state index contributed by atoms with van der Waals surface area (Å²) in [6.07, 6.45) is 3.62. The van der Waals surface area contributed by atoms with Crippen LogP contribution < -0.4 is 10.6 Å². The standard InChI is InChI=1S/C13H16N4S/c1-9-12(14-2)15-8-16-13(9)17-10-5-4-6-11(7-10)18-3/h4-8H,1-3H3,(H2,14,15,16,17). The molecule has 5 heteroatoms. The van der Waals surface area contributed by atoms with Crippen LogP contribution in [0.1, 0.15) is 5.56 Å². The summed E-state index contributed by atoms with van der Waals surface area (Å²) in [6, 6.07) is 8.25. The van der Waals surface area contributed by atoms with Crippen LogP contribution in [-0.2, 0) is 0 Å². The number of hydrogen-bond donors (Lipinski definition) is 2. The molecular weight excluding hydrogens is 244 g/mol. The Labute approximate surface area is 111 Å². The number of nitrogens with zero attached hydrogens (tertiary/aromatic N) is 2. The van der Waals surface area contributed by atoms with E-state index < -0.39 is 0 Å². The van der Waals surface area contributed by atoms with Gasteiger partial charge in [-0.2, -0.15) is 0 Å². The minimum Gasteiger partial charge on any atom is -0.373 e. The first-order valence-corrected chi connectivity index (χ1v) is 6.87. The zero-order valence-electron chi connectivity index (χ0n) is 10.7. The molecule has 1 aromatic carbocycles. The molecule has 2 rings (SSSR count). The summed E-state index contributed by atoms with van der Waals surface area (Å²) < 4.78 is 0. The second-order valence-electron chi connectivity index (χ2n) is 3.80. The Hall–Kier alpha value is -1.75. The van der Waals surface area contributed by atoms with Crippen LogP contribution in [0.4, 0.5) is 17.3 Å². The molecule has 0 fully saturated rings. The lowest BCUT2D eigenvalue weighted by Gasteiger charge is -2.11. The van der Waals surface area contributed by atoms with Crippen molar-refractivity contribution in [1.82, 2.24) is 9.97 Å². The van der Waals surface area contributed by atoms with E-state index in [1.807, 2.05) is 26.1 Å². The SMILES string of the molecule is CNc1ncnc(Nc2cccc(SC)c2)c1C. The van der Waals surface area contributed by atoms with E-state index in [0.29, 0.717) is 0 Å². The van der Waals surface area contributed by atoms with Gasteiger partial charge in [-0.05, 0) is 31.4 Å². The average Bonchev–Trinajstić information content (AvgIpc) is 2.41. The number of rotatable bonds is 4. The van der Waals surface area contributed by atoms with E-state index in [2.05, 4.69) is 39.0 Å². The maximum absolute atomic E-state index is 4.27. The van der Waals surface area contributed by atoms with Crippen molar-refractivity contribution in [2.24, 2.45) is 0 Å². The second kappa shape index (κ2) is 5.73. The lowest BCUT2D eigenvalue weighted by atomic mass is 10.2. The summed E-state index contributed by atoms with van der Waals surface area (Å²) in [6.45, 7) is 1.99. The Morgan fingerprint density at radius 3 is 2.67 bits per heavy atom. The Bertz CT molecular complexity index is 542. The molecule has 0 aliphatic carbocycles. The van der Waals surface area contributed by atoms with Crippen molar-refractivity contribution in [1.29, 1.82) is 0 Å². The highest BCUT2D eigenvalue weighted by Crippen LogP contribution is 2.24. The highest BCUT2D eigenvalue weighted by Gasteiger charge is 2.05. The molecular formula is C13H16N4S. The van der Waals surface area contributed by atoms with E-state index in [0.717, 1.165) is 22.9 Å². The van der Waals surface area contributed by atoms with Gasteiger partial charge in [0.25, 0.3) is 0 Å². The van der Waals surface area contributed by atoms with Gasteiger partial charge in [-0.1, -0.05) is 6.07 Å². The molecule has 1 heterocycles. The highest BCUT2D eigenvalue weighted by molar-refractivity contribution is 7.98. The number of anilines is 3. The lowest BCUT2D eigenvalue weighted by Crippen LogP contribution is -2.02. The molecule has 0 atom stereocenters. The predicted molar refractivity (Wildman–Crippen MR) is 77.8 cm³/mol. The first kappa shape index (κ1) is 12.7. The van der Waals surface area contributed by atoms with Crippen molar-refractivity contribution in [3.63, 3.8) is 0 Å². The Balaban J connectivity index is 2.28. The summed E-state index contributed by atoms with van der Waals surface area (Å²) in [5, 5.41) is 6.37. The molecule has 0 unspecified atom stereocenters. The molecule has 4 nitrogen and oxygen atoms in total. The molecule has 0 aliphatic rings. The van der Waals surface area contributed by atoms with Crippen molar-refractivity contribution in [2.75, 3.05) is 23.9 Å². The van der Waals surface area contributed by atoms with Crippen molar-refractivity contribution < 1.29 is 0 Å². The molecule has 0 bridgehead atoms. The Morgan fingerprint density at radius 1 is 1.17 bits per heavy atom. The van der Waals surface area contributed by atoms with Crippen LogP contribution in [0.3, 0.4) is 0 Å². The number of thioether (sulfide) groups is 1. The van der Waals surface area contributed by atoms with Crippen LogP contribution in [0, 0.1) is 6.92 Å². The topological polar surface area (TPSA) is 49.8 Å². The van der Waals surface area contributed by atoms with Crippen LogP contribution in [0.2, 0.25) is 0 Å². The quantitative estimate of drug-likeness (QED) is 0.826. The minimum atomic E-state index is 0.826. The fourth-order valence-electron chi connectivity index (χ4n) is 1.67. The van der Waals surface area contributed by atoms with Crippen LogP contribution >= 0.6 is 11.8 Å². The molecule has 0 spiro atoms. The minimum absolute atomic E-state index is 0.826. The number of benzene rings is 1. The van der Waals surface area contributed by atoms with E-state index in [1.54, 1.807) is 18.1 Å². The second-order valence-corrected chi connectivity index (χ2v) is 4.68.